The maximum absolute atomic E-state index is 12.2. The van der Waals surface area contributed by atoms with E-state index in [1.54, 1.807) is 12.1 Å². The van der Waals surface area contributed by atoms with Crippen LogP contribution in [0.5, 0.6) is 11.5 Å². The summed E-state index contributed by atoms with van der Waals surface area (Å²) < 4.78 is 10.6. The Labute approximate surface area is 140 Å². The molecule has 1 N–H and O–H groups in total. The lowest BCUT2D eigenvalue weighted by Crippen LogP contribution is -2.19. The van der Waals surface area contributed by atoms with Crippen LogP contribution in [0.2, 0.25) is 0 Å². The van der Waals surface area contributed by atoms with Crippen molar-refractivity contribution in [3.8, 4) is 11.5 Å². The fourth-order valence-corrected chi connectivity index (χ4v) is 2.30. The van der Waals surface area contributed by atoms with E-state index in [1.165, 1.54) is 0 Å². The van der Waals surface area contributed by atoms with Crippen molar-refractivity contribution in [3.05, 3.63) is 53.6 Å². The third-order valence-electron chi connectivity index (χ3n) is 3.76. The van der Waals surface area contributed by atoms with Gasteiger partial charge in [-0.25, -0.2) is 5.43 Å². The number of hydrogen-bond donors (Lipinski definition) is 1. The highest BCUT2D eigenvalue weighted by atomic mass is 16.7. The van der Waals surface area contributed by atoms with Crippen LogP contribution in [-0.2, 0) is 0 Å². The van der Waals surface area contributed by atoms with E-state index < -0.39 is 0 Å². The van der Waals surface area contributed by atoms with Gasteiger partial charge in [-0.15, -0.1) is 0 Å². The third-order valence-corrected chi connectivity index (χ3v) is 3.76. The molecule has 0 spiro atoms. The van der Waals surface area contributed by atoms with Crippen LogP contribution < -0.4 is 19.8 Å². The Bertz CT molecular complexity index is 783. The zero-order valence-electron chi connectivity index (χ0n) is 13.9. The van der Waals surface area contributed by atoms with Crippen molar-refractivity contribution in [3.63, 3.8) is 0 Å². The van der Waals surface area contributed by atoms with Crippen LogP contribution in [-0.4, -0.2) is 32.5 Å². The summed E-state index contributed by atoms with van der Waals surface area (Å²) in [6.45, 7) is 2.06. The summed E-state index contributed by atoms with van der Waals surface area (Å²) in [7, 11) is 3.90. The molecule has 0 aromatic heterocycles. The number of amides is 1. The predicted octanol–water partition coefficient (Wildman–Crippen LogP) is 2.64. The summed E-state index contributed by atoms with van der Waals surface area (Å²) in [4.78, 5) is 14.1. The normalized spacial score (nSPS) is 12.9. The Morgan fingerprint density at radius 1 is 1.04 bits per heavy atom. The highest BCUT2D eigenvalue weighted by molar-refractivity contribution is 6.01. The van der Waals surface area contributed by atoms with Crippen LogP contribution in [0.4, 0.5) is 5.69 Å². The fourth-order valence-electron chi connectivity index (χ4n) is 2.30. The first-order chi connectivity index (χ1) is 11.5. The van der Waals surface area contributed by atoms with E-state index in [4.69, 9.17) is 9.47 Å². The van der Waals surface area contributed by atoms with Crippen LogP contribution in [0.3, 0.4) is 0 Å². The van der Waals surface area contributed by atoms with Gasteiger partial charge in [0.2, 0.25) is 6.79 Å². The molecule has 124 valence electrons. The molecule has 2 aromatic carbocycles. The Kier molecular flexibility index (Phi) is 4.37. The van der Waals surface area contributed by atoms with E-state index in [0.29, 0.717) is 17.0 Å². The Morgan fingerprint density at radius 2 is 1.71 bits per heavy atom. The van der Waals surface area contributed by atoms with Crippen molar-refractivity contribution in [1.29, 1.82) is 0 Å². The molecular formula is C18H19N3O3. The SMILES string of the molecule is C/C(=N\NC(=O)c1ccc(N(C)C)cc1)c1ccc2c(c1)OCO2. The van der Waals surface area contributed by atoms with E-state index in [2.05, 4.69) is 10.5 Å². The van der Waals surface area contributed by atoms with Gasteiger partial charge in [0.1, 0.15) is 0 Å². The molecule has 1 aliphatic heterocycles. The first-order valence-electron chi connectivity index (χ1n) is 7.56. The summed E-state index contributed by atoms with van der Waals surface area (Å²) >= 11 is 0. The monoisotopic (exact) mass is 325 g/mol. The van der Waals surface area contributed by atoms with Gasteiger partial charge in [-0.2, -0.15) is 5.10 Å². The molecule has 6 heteroatoms. The summed E-state index contributed by atoms with van der Waals surface area (Å²) in [6.07, 6.45) is 0. The second kappa shape index (κ2) is 6.62. The lowest BCUT2D eigenvalue weighted by Gasteiger charge is -2.12. The number of nitrogens with one attached hydrogen (secondary N) is 1. The third kappa shape index (κ3) is 3.32. The standard InChI is InChI=1S/C18H19N3O3/c1-12(14-6-9-16-17(10-14)24-11-23-16)19-20-18(22)13-4-7-15(8-5-13)21(2)3/h4-10H,11H2,1-3H3,(H,20,22)/b19-12+. The maximum atomic E-state index is 12.2. The minimum Gasteiger partial charge on any atom is -0.454 e. The Balaban J connectivity index is 1.69. The number of fused-ring (bicyclic) bond motifs is 1. The van der Waals surface area contributed by atoms with Gasteiger partial charge >= 0.3 is 0 Å². The van der Waals surface area contributed by atoms with Gasteiger partial charge in [0.15, 0.2) is 11.5 Å². The van der Waals surface area contributed by atoms with Gasteiger partial charge in [0.05, 0.1) is 5.71 Å². The Morgan fingerprint density at radius 3 is 2.42 bits per heavy atom. The van der Waals surface area contributed by atoms with Crippen molar-refractivity contribution in [2.45, 2.75) is 6.92 Å². The summed E-state index contributed by atoms with van der Waals surface area (Å²) in [5, 5.41) is 4.16. The number of hydrazone groups is 1. The van der Waals surface area contributed by atoms with Gasteiger partial charge in [-0.3, -0.25) is 4.79 Å². The molecule has 1 amide bonds. The van der Waals surface area contributed by atoms with Crippen molar-refractivity contribution in [1.82, 2.24) is 5.43 Å². The van der Waals surface area contributed by atoms with Crippen LogP contribution in [0.15, 0.2) is 47.6 Å². The van der Waals surface area contributed by atoms with E-state index >= 15 is 0 Å². The molecule has 6 nitrogen and oxygen atoms in total. The molecule has 1 heterocycles. The molecule has 0 unspecified atom stereocenters. The second-order valence-electron chi connectivity index (χ2n) is 5.65. The van der Waals surface area contributed by atoms with Gasteiger partial charge in [0.25, 0.3) is 5.91 Å². The molecule has 3 rings (SSSR count). The van der Waals surface area contributed by atoms with E-state index in [1.807, 2.05) is 56.3 Å². The largest absolute Gasteiger partial charge is 0.454 e. The summed E-state index contributed by atoms with van der Waals surface area (Å²) in [5.41, 5.74) is 5.72. The molecule has 0 atom stereocenters. The van der Waals surface area contributed by atoms with Gasteiger partial charge in [0, 0.05) is 30.9 Å². The number of benzene rings is 2. The van der Waals surface area contributed by atoms with Crippen molar-refractivity contribution >= 4 is 17.3 Å². The Hall–Kier alpha value is -3.02. The number of hydrogen-bond acceptors (Lipinski definition) is 5. The van der Waals surface area contributed by atoms with Crippen LogP contribution in [0.25, 0.3) is 0 Å². The topological polar surface area (TPSA) is 63.2 Å². The maximum Gasteiger partial charge on any atom is 0.271 e. The van der Waals surface area contributed by atoms with Crippen molar-refractivity contribution in [2.24, 2.45) is 5.10 Å². The molecule has 0 aliphatic carbocycles. The van der Waals surface area contributed by atoms with Crippen molar-refractivity contribution in [2.75, 3.05) is 25.8 Å². The average Bonchev–Trinajstić information content (AvgIpc) is 3.07. The van der Waals surface area contributed by atoms with E-state index in [-0.39, 0.29) is 12.7 Å². The quantitative estimate of drug-likeness (QED) is 0.693. The van der Waals surface area contributed by atoms with Gasteiger partial charge < -0.3 is 14.4 Å². The molecule has 2 aromatic rings. The zero-order valence-corrected chi connectivity index (χ0v) is 13.9. The van der Waals surface area contributed by atoms with E-state index in [0.717, 1.165) is 17.0 Å². The first kappa shape index (κ1) is 15.9. The number of ether oxygens (including phenoxy) is 2. The first-order valence-corrected chi connectivity index (χ1v) is 7.56. The van der Waals surface area contributed by atoms with Crippen LogP contribution in [0.1, 0.15) is 22.8 Å². The molecule has 0 saturated carbocycles. The highest BCUT2D eigenvalue weighted by Crippen LogP contribution is 2.32. The van der Waals surface area contributed by atoms with Crippen LogP contribution >= 0.6 is 0 Å². The number of carbonyl (C=O) groups excluding carboxylic acids is 1. The predicted molar refractivity (Wildman–Crippen MR) is 93.0 cm³/mol. The minimum atomic E-state index is -0.250. The average molecular weight is 325 g/mol. The number of nitrogens with zero attached hydrogens (tertiary/aromatic N) is 2. The van der Waals surface area contributed by atoms with Crippen molar-refractivity contribution < 1.29 is 14.3 Å². The van der Waals surface area contributed by atoms with Gasteiger partial charge in [-0.05, 0) is 49.4 Å². The van der Waals surface area contributed by atoms with Gasteiger partial charge in [-0.1, -0.05) is 0 Å². The summed E-state index contributed by atoms with van der Waals surface area (Å²) in [6, 6.07) is 12.9. The zero-order chi connectivity index (χ0) is 17.1. The molecule has 0 saturated heterocycles. The van der Waals surface area contributed by atoms with E-state index in [9.17, 15) is 4.79 Å². The highest BCUT2D eigenvalue weighted by Gasteiger charge is 2.14. The minimum absolute atomic E-state index is 0.231. The number of anilines is 1. The molecular weight excluding hydrogens is 306 g/mol. The number of rotatable bonds is 4. The smallest absolute Gasteiger partial charge is 0.271 e. The fraction of sp³-hybridized carbons (Fsp3) is 0.222. The summed E-state index contributed by atoms with van der Waals surface area (Å²) in [5.74, 6) is 1.16. The lowest BCUT2D eigenvalue weighted by molar-refractivity contribution is 0.0955. The lowest BCUT2D eigenvalue weighted by atomic mass is 10.1. The number of carbonyl (C=O) groups is 1. The van der Waals surface area contributed by atoms with Crippen LogP contribution in [0, 0.1) is 0 Å². The molecule has 0 radical (unpaired) electrons. The molecule has 0 fully saturated rings. The molecule has 24 heavy (non-hydrogen) atoms. The second-order valence-corrected chi connectivity index (χ2v) is 5.65. The molecule has 1 aliphatic rings. The molecule has 0 bridgehead atoms.